The van der Waals surface area contributed by atoms with Gasteiger partial charge >= 0.3 is 0 Å². The molecule has 1 aromatic carbocycles. The van der Waals surface area contributed by atoms with Gasteiger partial charge in [0.05, 0.1) is 5.39 Å². The van der Waals surface area contributed by atoms with E-state index < -0.39 is 5.91 Å². The molecule has 14 heavy (non-hydrogen) atoms. The summed E-state index contributed by atoms with van der Waals surface area (Å²) in [5.74, 6) is -0.253. The fraction of sp³-hybridized carbons (Fsp3) is 0.111. The number of hydrogen-bond acceptors (Lipinski definition) is 4. The third kappa shape index (κ3) is 1.52. The van der Waals surface area contributed by atoms with E-state index in [0.29, 0.717) is 11.5 Å². The standard InChI is InChI=1S/C9H8N2O3/c10-8(12)5-13-9-6-3-1-2-4-7(6)14-11-9/h1-4H,5H2,(H2,10,12). The van der Waals surface area contributed by atoms with E-state index in [-0.39, 0.29) is 6.61 Å². The van der Waals surface area contributed by atoms with E-state index in [1.807, 2.05) is 12.1 Å². The van der Waals surface area contributed by atoms with Crippen LogP contribution >= 0.6 is 0 Å². The molecular formula is C9H8N2O3. The van der Waals surface area contributed by atoms with E-state index >= 15 is 0 Å². The molecule has 5 nitrogen and oxygen atoms in total. The van der Waals surface area contributed by atoms with Crippen LogP contribution in [0.4, 0.5) is 0 Å². The second-order valence-corrected chi connectivity index (χ2v) is 2.74. The first-order valence-electron chi connectivity index (χ1n) is 4.03. The molecule has 1 heterocycles. The predicted octanol–water partition coefficient (Wildman–Crippen LogP) is 0.692. The molecular weight excluding hydrogens is 184 g/mol. The van der Waals surface area contributed by atoms with Gasteiger partial charge in [-0.1, -0.05) is 12.1 Å². The van der Waals surface area contributed by atoms with Gasteiger partial charge in [-0.3, -0.25) is 4.79 Å². The number of fused-ring (bicyclic) bond motifs is 1. The highest BCUT2D eigenvalue weighted by molar-refractivity contribution is 5.82. The van der Waals surface area contributed by atoms with E-state index in [1.165, 1.54) is 0 Å². The molecule has 2 rings (SSSR count). The van der Waals surface area contributed by atoms with Gasteiger partial charge in [0.15, 0.2) is 12.2 Å². The lowest BCUT2D eigenvalue weighted by molar-refractivity contribution is -0.120. The number of aromatic nitrogens is 1. The molecule has 0 bridgehead atoms. The third-order valence-electron chi connectivity index (χ3n) is 1.70. The van der Waals surface area contributed by atoms with Crippen LogP contribution in [0.25, 0.3) is 11.0 Å². The van der Waals surface area contributed by atoms with E-state index in [4.69, 9.17) is 15.0 Å². The van der Waals surface area contributed by atoms with Crippen molar-refractivity contribution in [1.82, 2.24) is 5.16 Å². The van der Waals surface area contributed by atoms with E-state index in [1.54, 1.807) is 12.1 Å². The number of nitrogens with two attached hydrogens (primary N) is 1. The van der Waals surface area contributed by atoms with Crippen molar-refractivity contribution in [1.29, 1.82) is 0 Å². The van der Waals surface area contributed by atoms with Crippen molar-refractivity contribution in [2.24, 2.45) is 5.73 Å². The third-order valence-corrected chi connectivity index (χ3v) is 1.70. The lowest BCUT2D eigenvalue weighted by atomic mass is 10.3. The molecule has 5 heteroatoms. The van der Waals surface area contributed by atoms with Gasteiger partial charge in [0.1, 0.15) is 0 Å². The normalized spacial score (nSPS) is 10.3. The lowest BCUT2D eigenvalue weighted by Gasteiger charge is -1.97. The maximum atomic E-state index is 10.5. The maximum absolute atomic E-state index is 10.5. The summed E-state index contributed by atoms with van der Waals surface area (Å²) < 4.78 is 10.00. The summed E-state index contributed by atoms with van der Waals surface area (Å²) in [5.41, 5.74) is 5.55. The Balaban J connectivity index is 2.29. The van der Waals surface area contributed by atoms with Crippen molar-refractivity contribution < 1.29 is 14.1 Å². The number of carbonyl (C=O) groups is 1. The molecule has 0 saturated carbocycles. The summed E-state index contributed by atoms with van der Waals surface area (Å²) in [6.07, 6.45) is 0. The van der Waals surface area contributed by atoms with Gasteiger partial charge in [-0.25, -0.2) is 0 Å². The van der Waals surface area contributed by atoms with Crippen LogP contribution in [0.15, 0.2) is 28.8 Å². The first-order chi connectivity index (χ1) is 6.77. The molecule has 0 spiro atoms. The Morgan fingerprint density at radius 1 is 1.50 bits per heavy atom. The highest BCUT2D eigenvalue weighted by atomic mass is 16.5. The monoisotopic (exact) mass is 192 g/mol. The minimum atomic E-state index is -0.544. The topological polar surface area (TPSA) is 78.4 Å². The molecule has 0 fully saturated rings. The number of hydrogen-bond donors (Lipinski definition) is 1. The predicted molar refractivity (Wildman–Crippen MR) is 48.7 cm³/mol. The van der Waals surface area contributed by atoms with Gasteiger partial charge in [-0.15, -0.1) is 0 Å². The molecule has 0 saturated heterocycles. The Morgan fingerprint density at radius 3 is 3.07 bits per heavy atom. The number of nitrogens with zero attached hydrogens (tertiary/aromatic N) is 1. The molecule has 0 radical (unpaired) electrons. The second kappa shape index (κ2) is 3.37. The molecule has 0 aliphatic carbocycles. The maximum Gasteiger partial charge on any atom is 0.262 e. The van der Waals surface area contributed by atoms with Crippen molar-refractivity contribution in [3.05, 3.63) is 24.3 Å². The van der Waals surface area contributed by atoms with Crippen LogP contribution in [0.3, 0.4) is 0 Å². The number of carbonyl (C=O) groups excluding carboxylic acids is 1. The Hall–Kier alpha value is -2.04. The summed E-state index contributed by atoms with van der Waals surface area (Å²) in [6, 6.07) is 7.21. The molecule has 0 atom stereocenters. The van der Waals surface area contributed by atoms with Gasteiger partial charge < -0.3 is 15.0 Å². The van der Waals surface area contributed by atoms with Gasteiger partial charge in [0.2, 0.25) is 0 Å². The van der Waals surface area contributed by atoms with Crippen LogP contribution in [0.2, 0.25) is 0 Å². The Bertz CT molecular complexity index is 464. The smallest absolute Gasteiger partial charge is 0.262 e. The van der Waals surface area contributed by atoms with Crippen LogP contribution in [0, 0.1) is 0 Å². The summed E-state index contributed by atoms with van der Waals surface area (Å²) >= 11 is 0. The van der Waals surface area contributed by atoms with Gasteiger partial charge in [0.25, 0.3) is 11.8 Å². The average Bonchev–Trinajstić information content (AvgIpc) is 2.58. The highest BCUT2D eigenvalue weighted by Gasteiger charge is 2.08. The Morgan fingerprint density at radius 2 is 2.29 bits per heavy atom. The minimum Gasteiger partial charge on any atom is -0.465 e. The van der Waals surface area contributed by atoms with Gasteiger partial charge in [-0.05, 0) is 17.3 Å². The zero-order valence-electron chi connectivity index (χ0n) is 7.27. The zero-order chi connectivity index (χ0) is 9.97. The molecule has 0 unspecified atom stereocenters. The van der Waals surface area contributed by atoms with Crippen molar-refractivity contribution in [3.63, 3.8) is 0 Å². The molecule has 72 valence electrons. The minimum absolute atomic E-state index is 0.198. The molecule has 0 aliphatic rings. The average molecular weight is 192 g/mol. The van der Waals surface area contributed by atoms with Crippen LogP contribution in [-0.4, -0.2) is 17.7 Å². The van der Waals surface area contributed by atoms with Gasteiger partial charge in [-0.2, -0.15) is 0 Å². The van der Waals surface area contributed by atoms with Crippen molar-refractivity contribution in [2.75, 3.05) is 6.61 Å². The number of primary amides is 1. The zero-order valence-corrected chi connectivity index (χ0v) is 7.27. The van der Waals surface area contributed by atoms with Crippen molar-refractivity contribution >= 4 is 16.9 Å². The molecule has 1 amide bonds. The molecule has 0 aliphatic heterocycles. The molecule has 2 N–H and O–H groups in total. The molecule has 1 aromatic heterocycles. The van der Waals surface area contributed by atoms with Crippen LogP contribution in [0.5, 0.6) is 5.88 Å². The number of ether oxygens (including phenoxy) is 1. The number of benzene rings is 1. The SMILES string of the molecule is NC(=O)COc1noc2ccccc12. The first-order valence-corrected chi connectivity index (χ1v) is 4.03. The van der Waals surface area contributed by atoms with E-state index in [9.17, 15) is 4.79 Å². The number of rotatable bonds is 3. The largest absolute Gasteiger partial charge is 0.465 e. The summed E-state index contributed by atoms with van der Waals surface area (Å²) in [6.45, 7) is -0.198. The molecule has 2 aromatic rings. The number of para-hydroxylation sites is 1. The van der Waals surface area contributed by atoms with E-state index in [0.717, 1.165) is 5.39 Å². The highest BCUT2D eigenvalue weighted by Crippen LogP contribution is 2.23. The summed E-state index contributed by atoms with van der Waals surface area (Å²) in [4.78, 5) is 10.5. The second-order valence-electron chi connectivity index (χ2n) is 2.74. The summed E-state index contributed by atoms with van der Waals surface area (Å²) in [5, 5.41) is 4.39. The van der Waals surface area contributed by atoms with Crippen LogP contribution < -0.4 is 10.5 Å². The lowest BCUT2D eigenvalue weighted by Crippen LogP contribution is -2.20. The number of amides is 1. The van der Waals surface area contributed by atoms with Crippen LogP contribution in [0.1, 0.15) is 0 Å². The quantitative estimate of drug-likeness (QED) is 0.776. The van der Waals surface area contributed by atoms with Crippen molar-refractivity contribution in [3.8, 4) is 5.88 Å². The fourth-order valence-electron chi connectivity index (χ4n) is 1.11. The Labute approximate surface area is 79.4 Å². The van der Waals surface area contributed by atoms with Crippen molar-refractivity contribution in [2.45, 2.75) is 0 Å². The summed E-state index contributed by atoms with van der Waals surface area (Å²) in [7, 11) is 0. The Kier molecular flexibility index (Phi) is 2.06. The van der Waals surface area contributed by atoms with Crippen LogP contribution in [-0.2, 0) is 4.79 Å². The van der Waals surface area contributed by atoms with E-state index in [2.05, 4.69) is 5.16 Å². The fourth-order valence-corrected chi connectivity index (χ4v) is 1.11. The first kappa shape index (κ1) is 8.55. The van der Waals surface area contributed by atoms with Gasteiger partial charge in [0, 0.05) is 0 Å².